The van der Waals surface area contributed by atoms with Crippen molar-refractivity contribution >= 4 is 7.60 Å². The van der Waals surface area contributed by atoms with Crippen molar-refractivity contribution in [2.45, 2.75) is 44.4 Å². The summed E-state index contributed by atoms with van der Waals surface area (Å²) in [6.45, 7) is 3.47. The summed E-state index contributed by atoms with van der Waals surface area (Å²) in [4.78, 5) is 0. The van der Waals surface area contributed by atoms with E-state index < -0.39 is 44.0 Å². The van der Waals surface area contributed by atoms with E-state index in [2.05, 4.69) is 0 Å². The maximum absolute atomic E-state index is 12.4. The molecule has 1 saturated carbocycles. The first-order valence-corrected chi connectivity index (χ1v) is 8.28. The lowest BCUT2D eigenvalue weighted by Crippen LogP contribution is -2.61. The maximum atomic E-state index is 12.4. The van der Waals surface area contributed by atoms with Gasteiger partial charge in [-0.3, -0.25) is 4.57 Å². The highest BCUT2D eigenvalue weighted by Crippen LogP contribution is 2.51. The standard InChI is InChI=1S/C11H23O8P/c1-3-18-20(17,19-4-2)5-6-7(12)9(14)11(16)10(15)8(6)13/h6-16H,3-5H2,1-2H3/t6?,7-,8-,9-,10+,11?/m0/s1. The summed E-state index contributed by atoms with van der Waals surface area (Å²) < 4.78 is 22.5. The monoisotopic (exact) mass is 314 g/mol. The fourth-order valence-electron chi connectivity index (χ4n) is 2.32. The Morgan fingerprint density at radius 1 is 0.800 bits per heavy atom. The molecule has 5 N–H and O–H groups in total. The number of aliphatic hydroxyl groups excluding tert-OH is 5. The minimum atomic E-state index is -3.56. The van der Waals surface area contributed by atoms with E-state index >= 15 is 0 Å². The molecule has 1 fully saturated rings. The molecule has 20 heavy (non-hydrogen) atoms. The molecule has 0 bridgehead atoms. The molecule has 0 spiro atoms. The Bertz CT molecular complexity index is 325. The van der Waals surface area contributed by atoms with E-state index in [0.29, 0.717) is 0 Å². The van der Waals surface area contributed by atoms with E-state index in [1.165, 1.54) is 0 Å². The van der Waals surface area contributed by atoms with Crippen LogP contribution in [0.5, 0.6) is 0 Å². The third-order valence-electron chi connectivity index (χ3n) is 3.36. The lowest BCUT2D eigenvalue weighted by atomic mass is 9.79. The zero-order chi connectivity index (χ0) is 15.5. The lowest BCUT2D eigenvalue weighted by molar-refractivity contribution is -0.199. The number of rotatable bonds is 6. The van der Waals surface area contributed by atoms with Crippen molar-refractivity contribution in [1.82, 2.24) is 0 Å². The molecule has 1 aliphatic rings. The lowest BCUT2D eigenvalue weighted by Gasteiger charge is -2.42. The van der Waals surface area contributed by atoms with E-state index in [4.69, 9.17) is 9.05 Å². The molecule has 0 aliphatic heterocycles. The van der Waals surface area contributed by atoms with Gasteiger partial charge in [-0.15, -0.1) is 0 Å². The number of hydrogen-bond acceptors (Lipinski definition) is 8. The normalized spacial score (nSPS) is 39.0. The van der Waals surface area contributed by atoms with E-state index in [1.807, 2.05) is 0 Å². The summed E-state index contributed by atoms with van der Waals surface area (Å²) in [5.74, 6) is -1.13. The molecule has 2 unspecified atom stereocenters. The van der Waals surface area contributed by atoms with Crippen molar-refractivity contribution < 1.29 is 39.1 Å². The molecule has 8 nitrogen and oxygen atoms in total. The Hall–Kier alpha value is -0.0500. The second-order valence-corrected chi connectivity index (χ2v) is 6.85. The van der Waals surface area contributed by atoms with Crippen LogP contribution < -0.4 is 0 Å². The molecule has 0 radical (unpaired) electrons. The Labute approximate surface area is 117 Å². The van der Waals surface area contributed by atoms with Crippen LogP contribution in [0.2, 0.25) is 0 Å². The molecule has 120 valence electrons. The third kappa shape index (κ3) is 3.78. The first-order valence-electron chi connectivity index (χ1n) is 6.55. The molecule has 6 atom stereocenters. The van der Waals surface area contributed by atoms with Crippen molar-refractivity contribution in [3.05, 3.63) is 0 Å². The van der Waals surface area contributed by atoms with E-state index in [9.17, 15) is 30.1 Å². The van der Waals surface area contributed by atoms with Crippen LogP contribution >= 0.6 is 7.60 Å². The van der Waals surface area contributed by atoms with Crippen LogP contribution in [0, 0.1) is 5.92 Å². The highest BCUT2D eigenvalue weighted by atomic mass is 31.2. The minimum Gasteiger partial charge on any atom is -0.390 e. The van der Waals surface area contributed by atoms with E-state index in [-0.39, 0.29) is 19.4 Å². The molecule has 0 aromatic rings. The Balaban J connectivity index is 2.90. The Kier molecular flexibility index (Phi) is 6.56. The number of aliphatic hydroxyl groups is 5. The predicted octanol–water partition coefficient (Wildman–Crippen LogP) is -1.31. The zero-order valence-electron chi connectivity index (χ0n) is 11.5. The molecule has 0 aromatic heterocycles. The minimum absolute atomic E-state index is 0.115. The van der Waals surface area contributed by atoms with Gasteiger partial charge in [0.05, 0.1) is 31.6 Å². The van der Waals surface area contributed by atoms with Crippen LogP contribution in [0.3, 0.4) is 0 Å². The Morgan fingerprint density at radius 3 is 1.50 bits per heavy atom. The summed E-state index contributed by atoms with van der Waals surface area (Å²) in [6, 6.07) is 0. The van der Waals surface area contributed by atoms with Crippen molar-refractivity contribution in [1.29, 1.82) is 0 Å². The van der Waals surface area contributed by atoms with Gasteiger partial charge in [-0.1, -0.05) is 0 Å². The second kappa shape index (κ2) is 7.29. The van der Waals surface area contributed by atoms with Crippen molar-refractivity contribution in [3.63, 3.8) is 0 Å². The molecule has 0 saturated heterocycles. The van der Waals surface area contributed by atoms with Gasteiger partial charge in [-0.05, 0) is 13.8 Å². The second-order valence-electron chi connectivity index (χ2n) is 4.75. The van der Waals surface area contributed by atoms with Gasteiger partial charge in [0.2, 0.25) is 0 Å². The molecule has 0 aromatic carbocycles. The van der Waals surface area contributed by atoms with Crippen LogP contribution in [0.25, 0.3) is 0 Å². The van der Waals surface area contributed by atoms with Crippen LogP contribution in [0.1, 0.15) is 13.8 Å². The van der Waals surface area contributed by atoms with Crippen molar-refractivity contribution in [3.8, 4) is 0 Å². The summed E-state index contributed by atoms with van der Waals surface area (Å²) in [6.07, 6.45) is -8.41. The van der Waals surface area contributed by atoms with Crippen LogP contribution in [0.4, 0.5) is 0 Å². The van der Waals surface area contributed by atoms with Crippen LogP contribution in [0.15, 0.2) is 0 Å². The molecule has 9 heteroatoms. The van der Waals surface area contributed by atoms with Crippen LogP contribution in [-0.2, 0) is 13.6 Å². The fraction of sp³-hybridized carbons (Fsp3) is 1.00. The van der Waals surface area contributed by atoms with Gasteiger partial charge in [0.1, 0.15) is 18.3 Å². The predicted molar refractivity (Wildman–Crippen MR) is 69.2 cm³/mol. The highest BCUT2D eigenvalue weighted by Gasteiger charge is 2.50. The van der Waals surface area contributed by atoms with Gasteiger partial charge < -0.3 is 34.6 Å². The van der Waals surface area contributed by atoms with Crippen molar-refractivity contribution in [2.24, 2.45) is 5.92 Å². The van der Waals surface area contributed by atoms with E-state index in [1.54, 1.807) is 13.8 Å². The van der Waals surface area contributed by atoms with Gasteiger partial charge in [-0.2, -0.15) is 0 Å². The molecule has 1 rings (SSSR count). The Morgan fingerprint density at radius 2 is 1.15 bits per heavy atom. The quantitative estimate of drug-likeness (QED) is 0.381. The molecule has 0 heterocycles. The summed E-state index contributed by atoms with van der Waals surface area (Å²) in [7, 11) is -3.56. The summed E-state index contributed by atoms with van der Waals surface area (Å²) in [5, 5.41) is 48.5. The average molecular weight is 314 g/mol. The van der Waals surface area contributed by atoms with Gasteiger partial charge in [0.25, 0.3) is 0 Å². The average Bonchev–Trinajstić information content (AvgIpc) is 2.40. The topological polar surface area (TPSA) is 137 Å². The van der Waals surface area contributed by atoms with Crippen LogP contribution in [-0.4, -0.2) is 75.4 Å². The smallest absolute Gasteiger partial charge is 0.331 e. The van der Waals surface area contributed by atoms with Gasteiger partial charge in [0, 0.05) is 5.92 Å². The summed E-state index contributed by atoms with van der Waals surface area (Å²) in [5.41, 5.74) is 0. The SMILES string of the molecule is CCOP(=O)(CC1[C@H](O)[C@H](O)C(O)[C@H](O)[C@H]1O)OCC. The largest absolute Gasteiger partial charge is 0.390 e. The molecular formula is C11H23O8P. The molecule has 1 aliphatic carbocycles. The number of hydrogen-bond donors (Lipinski definition) is 5. The zero-order valence-corrected chi connectivity index (χ0v) is 12.4. The van der Waals surface area contributed by atoms with Crippen molar-refractivity contribution in [2.75, 3.05) is 19.4 Å². The first kappa shape index (κ1) is 18.0. The fourth-order valence-corrected chi connectivity index (χ4v) is 4.35. The maximum Gasteiger partial charge on any atom is 0.331 e. The molecular weight excluding hydrogens is 291 g/mol. The van der Waals surface area contributed by atoms with Gasteiger partial charge in [0.15, 0.2) is 0 Å². The third-order valence-corrected chi connectivity index (χ3v) is 5.54. The van der Waals surface area contributed by atoms with E-state index in [0.717, 1.165) is 0 Å². The van der Waals surface area contributed by atoms with Gasteiger partial charge >= 0.3 is 7.60 Å². The first-order chi connectivity index (χ1) is 9.27. The summed E-state index contributed by atoms with van der Waals surface area (Å²) >= 11 is 0. The van der Waals surface area contributed by atoms with Gasteiger partial charge in [-0.25, -0.2) is 0 Å². The highest BCUT2D eigenvalue weighted by molar-refractivity contribution is 7.53. The molecule has 0 amide bonds.